The highest BCUT2D eigenvalue weighted by Crippen LogP contribution is 2.12. The van der Waals surface area contributed by atoms with Gasteiger partial charge in [0.1, 0.15) is 0 Å². The molecule has 0 aromatic carbocycles. The normalized spacial score (nSPS) is 8.46. The van der Waals surface area contributed by atoms with Gasteiger partial charge < -0.3 is 10.1 Å². The first kappa shape index (κ1) is 9.40. The van der Waals surface area contributed by atoms with Gasteiger partial charge in [0.2, 0.25) is 5.88 Å². The van der Waals surface area contributed by atoms with Crippen LogP contribution < -0.4 is 10.1 Å². The van der Waals surface area contributed by atoms with Crippen LogP contribution in [0, 0.1) is 11.8 Å². The molecule has 1 rings (SSSR count). The number of pyridine rings is 1. The van der Waals surface area contributed by atoms with Crippen molar-refractivity contribution in [3.05, 3.63) is 18.3 Å². The molecule has 1 N–H and O–H groups in total. The topological polar surface area (TPSA) is 34.2 Å². The summed E-state index contributed by atoms with van der Waals surface area (Å²) >= 11 is 0. The van der Waals surface area contributed by atoms with Gasteiger partial charge in [-0.2, -0.15) is 0 Å². The molecular formula is C10H12N2O. The van der Waals surface area contributed by atoms with Gasteiger partial charge in [0, 0.05) is 18.0 Å². The predicted molar refractivity (Wildman–Crippen MR) is 52.7 cm³/mol. The van der Waals surface area contributed by atoms with E-state index in [9.17, 15) is 0 Å². The van der Waals surface area contributed by atoms with Crippen molar-refractivity contribution in [3.63, 3.8) is 0 Å². The van der Waals surface area contributed by atoms with Crippen molar-refractivity contribution in [1.82, 2.24) is 4.98 Å². The Kier molecular flexibility index (Phi) is 3.65. The van der Waals surface area contributed by atoms with Gasteiger partial charge in [0.25, 0.3) is 0 Å². The Balaban J connectivity index is 2.59. The number of ether oxygens (including phenoxy) is 1. The number of anilines is 1. The summed E-state index contributed by atoms with van der Waals surface area (Å²) in [5.74, 6) is 6.33. The van der Waals surface area contributed by atoms with Gasteiger partial charge in [0.15, 0.2) is 0 Å². The van der Waals surface area contributed by atoms with E-state index in [4.69, 9.17) is 4.74 Å². The molecule has 0 unspecified atom stereocenters. The fourth-order valence-electron chi connectivity index (χ4n) is 0.866. The van der Waals surface area contributed by atoms with Crippen molar-refractivity contribution in [2.45, 2.75) is 6.92 Å². The molecule has 0 saturated heterocycles. The minimum atomic E-state index is 0.606. The van der Waals surface area contributed by atoms with Gasteiger partial charge in [-0.25, -0.2) is 4.98 Å². The monoisotopic (exact) mass is 176 g/mol. The molecule has 1 heterocycles. The minimum Gasteiger partial charge on any atom is -0.481 e. The lowest BCUT2D eigenvalue weighted by Crippen LogP contribution is -1.99. The number of hydrogen-bond donors (Lipinski definition) is 1. The van der Waals surface area contributed by atoms with E-state index in [2.05, 4.69) is 22.1 Å². The first-order valence-corrected chi connectivity index (χ1v) is 4.00. The van der Waals surface area contributed by atoms with Gasteiger partial charge in [0.05, 0.1) is 13.7 Å². The third kappa shape index (κ3) is 3.04. The summed E-state index contributed by atoms with van der Waals surface area (Å²) in [7, 11) is 1.60. The van der Waals surface area contributed by atoms with Gasteiger partial charge in [-0.3, -0.25) is 0 Å². The predicted octanol–water partition coefficient (Wildman–Crippen LogP) is 1.53. The summed E-state index contributed by atoms with van der Waals surface area (Å²) in [4.78, 5) is 3.99. The molecule has 0 saturated carbocycles. The van der Waals surface area contributed by atoms with Crippen LogP contribution in [0.25, 0.3) is 0 Å². The number of hydrogen-bond acceptors (Lipinski definition) is 3. The van der Waals surface area contributed by atoms with E-state index in [1.807, 2.05) is 19.1 Å². The maximum Gasteiger partial charge on any atom is 0.214 e. The molecule has 0 aliphatic rings. The molecule has 0 aliphatic heterocycles. The highest BCUT2D eigenvalue weighted by Gasteiger charge is 1.93. The first-order valence-electron chi connectivity index (χ1n) is 4.00. The second-order valence-electron chi connectivity index (χ2n) is 2.37. The van der Waals surface area contributed by atoms with E-state index in [1.165, 1.54) is 0 Å². The minimum absolute atomic E-state index is 0.606. The zero-order valence-electron chi connectivity index (χ0n) is 7.79. The van der Waals surface area contributed by atoms with Gasteiger partial charge >= 0.3 is 0 Å². The van der Waals surface area contributed by atoms with Crippen LogP contribution in [0.2, 0.25) is 0 Å². The lowest BCUT2D eigenvalue weighted by atomic mass is 10.4. The first-order chi connectivity index (χ1) is 6.36. The van der Waals surface area contributed by atoms with E-state index < -0.39 is 0 Å². The van der Waals surface area contributed by atoms with E-state index >= 15 is 0 Å². The van der Waals surface area contributed by atoms with E-state index in [1.54, 1.807) is 13.3 Å². The quantitative estimate of drug-likeness (QED) is 0.709. The third-order valence-corrected chi connectivity index (χ3v) is 1.50. The molecule has 0 radical (unpaired) electrons. The summed E-state index contributed by atoms with van der Waals surface area (Å²) in [5, 5.41) is 3.13. The Labute approximate surface area is 78.1 Å². The fraction of sp³-hybridized carbons (Fsp3) is 0.300. The van der Waals surface area contributed by atoms with Crippen LogP contribution in [0.1, 0.15) is 6.92 Å². The Morgan fingerprint density at radius 3 is 3.15 bits per heavy atom. The van der Waals surface area contributed by atoms with Gasteiger partial charge in [-0.15, -0.1) is 5.92 Å². The standard InChI is InChI=1S/C10H12N2O/c1-3-4-6-11-9-5-7-12-10(8-9)13-2/h5,7-8H,6H2,1-2H3,(H,11,12). The van der Waals surface area contributed by atoms with Gasteiger partial charge in [-0.05, 0) is 13.0 Å². The van der Waals surface area contributed by atoms with Crippen LogP contribution >= 0.6 is 0 Å². The molecule has 0 atom stereocenters. The summed E-state index contributed by atoms with van der Waals surface area (Å²) < 4.78 is 4.97. The summed E-state index contributed by atoms with van der Waals surface area (Å²) in [6.07, 6.45) is 1.69. The fourth-order valence-corrected chi connectivity index (χ4v) is 0.866. The Hall–Kier alpha value is -1.69. The number of methoxy groups -OCH3 is 1. The molecule has 3 heteroatoms. The largest absolute Gasteiger partial charge is 0.481 e. The Morgan fingerprint density at radius 2 is 2.46 bits per heavy atom. The van der Waals surface area contributed by atoms with E-state index in [0.29, 0.717) is 12.4 Å². The molecule has 0 amide bonds. The lowest BCUT2D eigenvalue weighted by molar-refractivity contribution is 0.398. The second-order valence-corrected chi connectivity index (χ2v) is 2.37. The molecule has 0 aliphatic carbocycles. The molecule has 0 bridgehead atoms. The van der Waals surface area contributed by atoms with Crippen LogP contribution in [0.5, 0.6) is 5.88 Å². The molecule has 1 aromatic rings. The van der Waals surface area contributed by atoms with Crippen molar-refractivity contribution in [1.29, 1.82) is 0 Å². The van der Waals surface area contributed by atoms with Crippen LogP contribution in [0.4, 0.5) is 5.69 Å². The zero-order chi connectivity index (χ0) is 9.52. The number of nitrogens with zero attached hydrogens (tertiary/aromatic N) is 1. The van der Waals surface area contributed by atoms with Crippen molar-refractivity contribution in [3.8, 4) is 17.7 Å². The maximum atomic E-state index is 4.97. The number of nitrogens with one attached hydrogen (secondary N) is 1. The average Bonchev–Trinajstić information content (AvgIpc) is 2.19. The van der Waals surface area contributed by atoms with Crippen molar-refractivity contribution >= 4 is 5.69 Å². The van der Waals surface area contributed by atoms with Crippen molar-refractivity contribution in [2.75, 3.05) is 19.0 Å². The molecule has 1 aromatic heterocycles. The van der Waals surface area contributed by atoms with Crippen molar-refractivity contribution < 1.29 is 4.74 Å². The summed E-state index contributed by atoms with van der Waals surface area (Å²) in [6, 6.07) is 3.71. The maximum absolute atomic E-state index is 4.97. The number of aromatic nitrogens is 1. The molecule has 68 valence electrons. The Bertz CT molecular complexity index is 325. The zero-order valence-corrected chi connectivity index (χ0v) is 7.79. The van der Waals surface area contributed by atoms with Crippen LogP contribution in [-0.2, 0) is 0 Å². The second kappa shape index (κ2) is 5.04. The number of rotatable bonds is 3. The molecular weight excluding hydrogens is 164 g/mol. The SMILES string of the molecule is CC#CCNc1ccnc(OC)c1. The molecule has 3 nitrogen and oxygen atoms in total. The third-order valence-electron chi connectivity index (χ3n) is 1.50. The highest BCUT2D eigenvalue weighted by molar-refractivity contribution is 5.45. The molecule has 0 fully saturated rings. The Morgan fingerprint density at radius 1 is 1.62 bits per heavy atom. The summed E-state index contributed by atoms with van der Waals surface area (Å²) in [6.45, 7) is 2.46. The van der Waals surface area contributed by atoms with Crippen LogP contribution in [0.15, 0.2) is 18.3 Å². The molecule has 13 heavy (non-hydrogen) atoms. The average molecular weight is 176 g/mol. The highest BCUT2D eigenvalue weighted by atomic mass is 16.5. The van der Waals surface area contributed by atoms with Crippen LogP contribution in [-0.4, -0.2) is 18.6 Å². The smallest absolute Gasteiger partial charge is 0.214 e. The van der Waals surface area contributed by atoms with E-state index in [-0.39, 0.29) is 0 Å². The molecule has 0 spiro atoms. The summed E-state index contributed by atoms with van der Waals surface area (Å²) in [5.41, 5.74) is 0.967. The lowest BCUT2D eigenvalue weighted by Gasteiger charge is -2.03. The van der Waals surface area contributed by atoms with Crippen molar-refractivity contribution in [2.24, 2.45) is 0 Å². The van der Waals surface area contributed by atoms with Gasteiger partial charge in [-0.1, -0.05) is 5.92 Å². The van der Waals surface area contributed by atoms with E-state index in [0.717, 1.165) is 5.69 Å². The van der Waals surface area contributed by atoms with Crippen LogP contribution in [0.3, 0.4) is 0 Å².